The quantitative estimate of drug-likeness (QED) is 0.671. The van der Waals surface area contributed by atoms with Gasteiger partial charge in [0.25, 0.3) is 5.91 Å². The molecule has 1 fully saturated rings. The van der Waals surface area contributed by atoms with Crippen LogP contribution in [0, 0.1) is 13.8 Å². The van der Waals surface area contributed by atoms with Gasteiger partial charge in [0, 0.05) is 25.6 Å². The molecule has 0 bridgehead atoms. The zero-order chi connectivity index (χ0) is 18.9. The third-order valence-corrected chi connectivity index (χ3v) is 5.57. The fraction of sp³-hybridized carbons (Fsp3) is 0.500. The number of hydrogen-bond acceptors (Lipinski definition) is 5. The number of aryl methyl sites for hydroxylation is 1. The molecule has 1 aliphatic rings. The van der Waals surface area contributed by atoms with Crippen LogP contribution in [0.3, 0.4) is 0 Å². The van der Waals surface area contributed by atoms with E-state index in [0.717, 1.165) is 0 Å². The molecule has 0 saturated carbocycles. The van der Waals surface area contributed by atoms with Crippen molar-refractivity contribution in [3.05, 3.63) is 28.8 Å². The monoisotopic (exact) mass is 369 g/mol. The van der Waals surface area contributed by atoms with E-state index in [-0.39, 0.29) is 22.9 Å². The lowest BCUT2D eigenvalue weighted by atomic mass is 10.0. The van der Waals surface area contributed by atoms with Crippen molar-refractivity contribution in [2.45, 2.75) is 44.2 Å². The number of carbonyl (C=O) groups excluding carboxylic acids is 2. The molecule has 1 saturated heterocycles. The molecule has 138 valence electrons. The van der Waals surface area contributed by atoms with Crippen molar-refractivity contribution in [2.75, 3.05) is 13.1 Å². The fourth-order valence-electron chi connectivity index (χ4n) is 2.89. The van der Waals surface area contributed by atoms with Crippen LogP contribution in [0.25, 0.3) is 0 Å². The van der Waals surface area contributed by atoms with Crippen molar-refractivity contribution in [1.29, 1.82) is 0 Å². The van der Waals surface area contributed by atoms with Gasteiger partial charge < -0.3 is 15.3 Å². The number of nitrogens with zero attached hydrogens (tertiary/aromatic N) is 1. The second-order valence-corrected chi connectivity index (χ2v) is 7.89. The van der Waals surface area contributed by atoms with Crippen molar-refractivity contribution >= 4 is 21.8 Å². The van der Waals surface area contributed by atoms with Crippen molar-refractivity contribution in [1.82, 2.24) is 10.2 Å². The smallest absolute Gasteiger partial charge is 0.251 e. The number of β-amino-alcohol motifs (C(OH)–C–C–N with tert-alkyl or cyclic N) is 1. The van der Waals surface area contributed by atoms with Crippen LogP contribution < -0.4 is 10.5 Å². The summed E-state index contributed by atoms with van der Waals surface area (Å²) in [6.07, 6.45) is -0.467. The number of likely N-dealkylation sites (tertiary alicyclic amines) is 1. The molecule has 9 heteroatoms. The Morgan fingerprint density at radius 3 is 2.48 bits per heavy atom. The van der Waals surface area contributed by atoms with E-state index in [1.807, 2.05) is 0 Å². The standard InChI is InChI=1S/C16H23N3O5S/c1-9-6-12(7-15(10(9)2)25(17,23)24)16(22)18-13-4-5-19(11(3)20)8-14(13)21/h6-7,13-14,21H,4-5,8H2,1-3H3,(H,18,22)(H2,17,23,24)/t13-,14-/m1/s1. The molecule has 0 radical (unpaired) electrons. The van der Waals surface area contributed by atoms with Crippen LogP contribution in [0.2, 0.25) is 0 Å². The minimum Gasteiger partial charge on any atom is -0.389 e. The number of amides is 2. The van der Waals surface area contributed by atoms with Gasteiger partial charge in [0.15, 0.2) is 0 Å². The van der Waals surface area contributed by atoms with Crippen molar-refractivity contribution in [3.63, 3.8) is 0 Å². The summed E-state index contributed by atoms with van der Waals surface area (Å²) in [6, 6.07) is 2.31. The first-order valence-corrected chi connectivity index (χ1v) is 9.44. The molecule has 0 aliphatic carbocycles. The average molecular weight is 369 g/mol. The van der Waals surface area contributed by atoms with Gasteiger partial charge in [-0.15, -0.1) is 0 Å². The molecule has 0 aromatic heterocycles. The van der Waals surface area contributed by atoms with Gasteiger partial charge in [-0.25, -0.2) is 13.6 Å². The Kier molecular flexibility index (Phi) is 5.50. The first kappa shape index (κ1) is 19.4. The summed E-state index contributed by atoms with van der Waals surface area (Å²) in [5, 5.41) is 18.1. The highest BCUT2D eigenvalue weighted by Crippen LogP contribution is 2.21. The highest BCUT2D eigenvalue weighted by atomic mass is 32.2. The number of primary sulfonamides is 1. The van der Waals surface area contributed by atoms with Gasteiger partial charge in [0.2, 0.25) is 15.9 Å². The first-order valence-electron chi connectivity index (χ1n) is 7.89. The maximum Gasteiger partial charge on any atom is 0.251 e. The SMILES string of the molecule is CC(=O)N1CC[C@@H](NC(=O)c2cc(C)c(C)c(S(N)(=O)=O)c2)[C@H](O)C1. The van der Waals surface area contributed by atoms with Crippen LogP contribution in [0.15, 0.2) is 17.0 Å². The Labute approximate surface area is 147 Å². The van der Waals surface area contributed by atoms with Gasteiger partial charge in [-0.3, -0.25) is 9.59 Å². The number of piperidine rings is 1. The van der Waals surface area contributed by atoms with E-state index < -0.39 is 28.1 Å². The normalized spacial score (nSPS) is 21.1. The maximum atomic E-state index is 12.5. The van der Waals surface area contributed by atoms with Gasteiger partial charge in [-0.2, -0.15) is 0 Å². The molecular weight excluding hydrogens is 346 g/mol. The fourth-order valence-corrected chi connectivity index (χ4v) is 3.77. The van der Waals surface area contributed by atoms with E-state index in [9.17, 15) is 23.1 Å². The van der Waals surface area contributed by atoms with Crippen LogP contribution in [-0.4, -0.2) is 55.5 Å². The van der Waals surface area contributed by atoms with Crippen molar-refractivity contribution in [3.8, 4) is 0 Å². The van der Waals surface area contributed by atoms with Crippen LogP contribution in [0.1, 0.15) is 34.8 Å². The Bertz CT molecular complexity index is 806. The molecule has 0 unspecified atom stereocenters. The Morgan fingerprint density at radius 2 is 1.96 bits per heavy atom. The number of aliphatic hydroxyl groups excluding tert-OH is 1. The molecule has 0 spiro atoms. The van der Waals surface area contributed by atoms with E-state index >= 15 is 0 Å². The molecule has 4 N–H and O–H groups in total. The molecule has 2 atom stereocenters. The maximum absolute atomic E-state index is 12.5. The third kappa shape index (κ3) is 4.36. The zero-order valence-corrected chi connectivity index (χ0v) is 15.3. The van der Waals surface area contributed by atoms with Crippen LogP contribution in [0.5, 0.6) is 0 Å². The second kappa shape index (κ2) is 7.11. The molecule has 1 heterocycles. The molecule has 1 aromatic carbocycles. The number of benzene rings is 1. The predicted molar refractivity (Wildman–Crippen MR) is 91.4 cm³/mol. The summed E-state index contributed by atoms with van der Waals surface area (Å²) in [6.45, 7) is 5.33. The topological polar surface area (TPSA) is 130 Å². The Hall–Kier alpha value is -1.97. The first-order chi connectivity index (χ1) is 11.5. The van der Waals surface area contributed by atoms with E-state index in [0.29, 0.717) is 24.1 Å². The number of nitrogens with two attached hydrogens (primary N) is 1. The Morgan fingerprint density at radius 1 is 1.32 bits per heavy atom. The number of sulfonamides is 1. The molecule has 1 aromatic rings. The number of carbonyl (C=O) groups is 2. The van der Waals surface area contributed by atoms with E-state index in [2.05, 4.69) is 5.32 Å². The number of aliphatic hydroxyl groups is 1. The average Bonchev–Trinajstić information content (AvgIpc) is 2.50. The van der Waals surface area contributed by atoms with Crippen LogP contribution >= 0.6 is 0 Å². The molecule has 2 amide bonds. The highest BCUT2D eigenvalue weighted by Gasteiger charge is 2.30. The highest BCUT2D eigenvalue weighted by molar-refractivity contribution is 7.89. The lowest BCUT2D eigenvalue weighted by molar-refractivity contribution is -0.132. The van der Waals surface area contributed by atoms with E-state index in [1.54, 1.807) is 19.9 Å². The second-order valence-electron chi connectivity index (χ2n) is 6.36. The summed E-state index contributed by atoms with van der Waals surface area (Å²) >= 11 is 0. The van der Waals surface area contributed by atoms with Gasteiger partial charge in [-0.1, -0.05) is 0 Å². The minimum absolute atomic E-state index is 0.0930. The van der Waals surface area contributed by atoms with Gasteiger partial charge >= 0.3 is 0 Å². The molecule has 8 nitrogen and oxygen atoms in total. The number of hydrogen-bond donors (Lipinski definition) is 3. The lowest BCUT2D eigenvalue weighted by Crippen LogP contribution is -2.55. The molecule has 2 rings (SSSR count). The zero-order valence-electron chi connectivity index (χ0n) is 14.4. The summed E-state index contributed by atoms with van der Waals surface area (Å²) in [5.74, 6) is -0.621. The van der Waals surface area contributed by atoms with Gasteiger partial charge in [0.1, 0.15) is 0 Å². The largest absolute Gasteiger partial charge is 0.389 e. The minimum atomic E-state index is -3.95. The number of rotatable bonds is 3. The Balaban J connectivity index is 2.19. The summed E-state index contributed by atoms with van der Waals surface area (Å²) < 4.78 is 23.4. The van der Waals surface area contributed by atoms with Crippen LogP contribution in [0.4, 0.5) is 0 Å². The van der Waals surface area contributed by atoms with Crippen LogP contribution in [-0.2, 0) is 14.8 Å². The van der Waals surface area contributed by atoms with Gasteiger partial charge in [0.05, 0.1) is 17.0 Å². The van der Waals surface area contributed by atoms with Crippen molar-refractivity contribution < 1.29 is 23.1 Å². The van der Waals surface area contributed by atoms with Crippen molar-refractivity contribution in [2.24, 2.45) is 5.14 Å². The number of nitrogens with one attached hydrogen (secondary N) is 1. The van der Waals surface area contributed by atoms with E-state index in [4.69, 9.17) is 5.14 Å². The van der Waals surface area contributed by atoms with Gasteiger partial charge in [-0.05, 0) is 43.5 Å². The summed E-state index contributed by atoms with van der Waals surface area (Å²) in [4.78, 5) is 25.3. The third-order valence-electron chi connectivity index (χ3n) is 4.53. The van der Waals surface area contributed by atoms with E-state index in [1.165, 1.54) is 17.9 Å². The molecule has 1 aliphatic heterocycles. The molecular formula is C16H23N3O5S. The summed E-state index contributed by atoms with van der Waals surface area (Å²) in [5.41, 5.74) is 1.28. The molecule has 25 heavy (non-hydrogen) atoms. The predicted octanol–water partition coefficient (Wildman–Crippen LogP) is -0.338. The lowest BCUT2D eigenvalue weighted by Gasteiger charge is -2.35. The summed E-state index contributed by atoms with van der Waals surface area (Å²) in [7, 11) is -3.95.